The van der Waals surface area contributed by atoms with E-state index in [1.54, 1.807) is 6.92 Å². The fraction of sp³-hybridized carbons (Fsp3) is 0.556. The Morgan fingerprint density at radius 2 is 2.00 bits per heavy atom. The monoisotopic (exact) mass is 349 g/mol. The van der Waals surface area contributed by atoms with Gasteiger partial charge in [0.2, 0.25) is 11.8 Å². The van der Waals surface area contributed by atoms with Gasteiger partial charge in [-0.15, -0.1) is 0 Å². The number of amides is 2. The van der Waals surface area contributed by atoms with Crippen molar-refractivity contribution in [2.45, 2.75) is 31.3 Å². The standard InChI is InChI=1S/C18H27N3O4/c1-18(12-22,13-23)20-16(24)11-15-17(25)19-8-10-21(15)9-7-14-5-3-2-4-6-14/h2-6,15,22-23H,7-13H2,1H3,(H,19,25)(H,20,24)/t15-/m1/s1. The fourth-order valence-electron chi connectivity index (χ4n) is 2.86. The highest BCUT2D eigenvalue weighted by Crippen LogP contribution is 2.12. The van der Waals surface area contributed by atoms with E-state index in [1.807, 2.05) is 35.2 Å². The van der Waals surface area contributed by atoms with Crippen molar-refractivity contribution in [3.8, 4) is 0 Å². The van der Waals surface area contributed by atoms with Gasteiger partial charge >= 0.3 is 0 Å². The molecule has 1 aromatic carbocycles. The van der Waals surface area contributed by atoms with E-state index in [4.69, 9.17) is 0 Å². The van der Waals surface area contributed by atoms with E-state index in [9.17, 15) is 19.8 Å². The topological polar surface area (TPSA) is 102 Å². The summed E-state index contributed by atoms with van der Waals surface area (Å²) in [5, 5.41) is 24.0. The Morgan fingerprint density at radius 3 is 2.64 bits per heavy atom. The summed E-state index contributed by atoms with van der Waals surface area (Å²) in [5.41, 5.74) is 0.0988. The lowest BCUT2D eigenvalue weighted by atomic mass is 10.0. The van der Waals surface area contributed by atoms with Gasteiger partial charge < -0.3 is 20.8 Å². The Morgan fingerprint density at radius 1 is 1.32 bits per heavy atom. The molecule has 0 bridgehead atoms. The summed E-state index contributed by atoms with van der Waals surface area (Å²) in [5.74, 6) is -0.526. The van der Waals surface area contributed by atoms with Crippen molar-refractivity contribution in [1.82, 2.24) is 15.5 Å². The number of benzene rings is 1. The molecule has 7 heteroatoms. The average Bonchev–Trinajstić information content (AvgIpc) is 2.63. The lowest BCUT2D eigenvalue weighted by Crippen LogP contribution is -2.58. The van der Waals surface area contributed by atoms with Gasteiger partial charge in [0.05, 0.1) is 31.2 Å². The van der Waals surface area contributed by atoms with E-state index < -0.39 is 11.6 Å². The molecule has 138 valence electrons. The molecular formula is C18H27N3O4. The second-order valence-corrected chi connectivity index (χ2v) is 6.71. The Kier molecular flexibility index (Phi) is 6.92. The minimum absolute atomic E-state index is 0.00376. The van der Waals surface area contributed by atoms with Gasteiger partial charge in [-0.1, -0.05) is 30.3 Å². The molecule has 7 nitrogen and oxygen atoms in total. The molecule has 2 rings (SSSR count). The lowest BCUT2D eigenvalue weighted by Gasteiger charge is -2.35. The van der Waals surface area contributed by atoms with Crippen molar-refractivity contribution < 1.29 is 19.8 Å². The van der Waals surface area contributed by atoms with Crippen LogP contribution in [0.4, 0.5) is 0 Å². The van der Waals surface area contributed by atoms with Crippen LogP contribution in [-0.2, 0) is 16.0 Å². The van der Waals surface area contributed by atoms with Crippen LogP contribution in [-0.4, -0.2) is 71.4 Å². The number of aliphatic hydroxyl groups excluding tert-OH is 2. The number of carbonyl (C=O) groups excluding carboxylic acids is 2. The van der Waals surface area contributed by atoms with Gasteiger partial charge in [0.15, 0.2) is 0 Å². The van der Waals surface area contributed by atoms with Crippen LogP contribution in [0.15, 0.2) is 30.3 Å². The van der Waals surface area contributed by atoms with Crippen LogP contribution in [0.2, 0.25) is 0 Å². The van der Waals surface area contributed by atoms with Crippen LogP contribution < -0.4 is 10.6 Å². The van der Waals surface area contributed by atoms with Crippen molar-refractivity contribution >= 4 is 11.8 Å². The number of rotatable bonds is 8. The minimum Gasteiger partial charge on any atom is -0.394 e. The molecule has 25 heavy (non-hydrogen) atoms. The molecule has 2 amide bonds. The van der Waals surface area contributed by atoms with Crippen LogP contribution in [0.25, 0.3) is 0 Å². The predicted octanol–water partition coefficient (Wildman–Crippen LogP) is -0.721. The first kappa shape index (κ1) is 19.4. The maximum Gasteiger partial charge on any atom is 0.237 e. The van der Waals surface area contributed by atoms with Crippen LogP contribution in [0.3, 0.4) is 0 Å². The third kappa shape index (κ3) is 5.52. The van der Waals surface area contributed by atoms with E-state index in [-0.39, 0.29) is 31.4 Å². The van der Waals surface area contributed by atoms with E-state index in [0.717, 1.165) is 6.42 Å². The normalized spacial score (nSPS) is 18.7. The number of hydrogen-bond acceptors (Lipinski definition) is 5. The summed E-state index contributed by atoms with van der Waals surface area (Å²) in [4.78, 5) is 26.5. The van der Waals surface area contributed by atoms with Crippen LogP contribution in [0.1, 0.15) is 18.9 Å². The number of nitrogens with zero attached hydrogens (tertiary/aromatic N) is 1. The zero-order valence-corrected chi connectivity index (χ0v) is 14.6. The van der Waals surface area contributed by atoms with E-state index in [1.165, 1.54) is 5.56 Å². The SMILES string of the molecule is CC(CO)(CO)NC(=O)C[C@@H]1C(=O)NCCN1CCc1ccccc1. The van der Waals surface area contributed by atoms with E-state index in [2.05, 4.69) is 10.6 Å². The maximum atomic E-state index is 12.3. The summed E-state index contributed by atoms with van der Waals surface area (Å²) < 4.78 is 0. The molecular weight excluding hydrogens is 322 g/mol. The third-order valence-electron chi connectivity index (χ3n) is 4.49. The van der Waals surface area contributed by atoms with Gasteiger partial charge in [-0.3, -0.25) is 14.5 Å². The highest BCUT2D eigenvalue weighted by molar-refractivity contribution is 5.89. The summed E-state index contributed by atoms with van der Waals surface area (Å²) in [6.07, 6.45) is 0.799. The van der Waals surface area contributed by atoms with Gasteiger partial charge in [-0.25, -0.2) is 0 Å². The van der Waals surface area contributed by atoms with Crippen molar-refractivity contribution in [1.29, 1.82) is 0 Å². The summed E-state index contributed by atoms with van der Waals surface area (Å²) >= 11 is 0. The van der Waals surface area contributed by atoms with Crippen LogP contribution >= 0.6 is 0 Å². The first-order chi connectivity index (χ1) is 12.0. The minimum atomic E-state index is -1.09. The molecule has 0 saturated carbocycles. The molecule has 0 unspecified atom stereocenters. The van der Waals surface area contributed by atoms with Crippen LogP contribution in [0.5, 0.6) is 0 Å². The number of hydrogen-bond donors (Lipinski definition) is 4. The fourth-order valence-corrected chi connectivity index (χ4v) is 2.86. The molecule has 1 heterocycles. The zero-order chi connectivity index (χ0) is 18.3. The molecule has 1 aromatic rings. The Bertz CT molecular complexity index is 575. The average molecular weight is 349 g/mol. The molecule has 1 atom stereocenters. The van der Waals surface area contributed by atoms with Crippen molar-refractivity contribution in [2.75, 3.05) is 32.8 Å². The highest BCUT2D eigenvalue weighted by Gasteiger charge is 2.33. The summed E-state index contributed by atoms with van der Waals surface area (Å²) in [7, 11) is 0. The largest absolute Gasteiger partial charge is 0.394 e. The third-order valence-corrected chi connectivity index (χ3v) is 4.49. The van der Waals surface area contributed by atoms with Gasteiger partial charge in [0.1, 0.15) is 0 Å². The predicted molar refractivity (Wildman–Crippen MR) is 93.9 cm³/mol. The summed E-state index contributed by atoms with van der Waals surface area (Å²) in [6, 6.07) is 9.46. The Labute approximate surface area is 148 Å². The molecule has 0 radical (unpaired) electrons. The molecule has 0 spiro atoms. The number of carbonyl (C=O) groups is 2. The second kappa shape index (κ2) is 8.94. The molecule has 1 saturated heterocycles. The van der Waals surface area contributed by atoms with Gasteiger partial charge in [-0.05, 0) is 18.9 Å². The lowest BCUT2D eigenvalue weighted by molar-refractivity contribution is -0.135. The molecule has 0 aromatic heterocycles. The zero-order valence-electron chi connectivity index (χ0n) is 14.6. The van der Waals surface area contributed by atoms with Gasteiger partial charge in [0, 0.05) is 19.6 Å². The van der Waals surface area contributed by atoms with E-state index >= 15 is 0 Å². The molecule has 1 aliphatic rings. The number of piperazine rings is 1. The molecule has 1 aliphatic heterocycles. The molecule has 1 fully saturated rings. The highest BCUT2D eigenvalue weighted by atomic mass is 16.3. The first-order valence-electron chi connectivity index (χ1n) is 8.56. The number of nitrogens with one attached hydrogen (secondary N) is 2. The summed E-state index contributed by atoms with van der Waals surface area (Å²) in [6.45, 7) is 2.75. The van der Waals surface area contributed by atoms with Crippen molar-refractivity contribution in [3.63, 3.8) is 0 Å². The van der Waals surface area contributed by atoms with Crippen molar-refractivity contribution in [2.24, 2.45) is 0 Å². The second-order valence-electron chi connectivity index (χ2n) is 6.71. The first-order valence-corrected chi connectivity index (χ1v) is 8.56. The van der Waals surface area contributed by atoms with Crippen LogP contribution in [0, 0.1) is 0 Å². The smallest absolute Gasteiger partial charge is 0.237 e. The molecule has 4 N–H and O–H groups in total. The quantitative estimate of drug-likeness (QED) is 0.496. The number of aliphatic hydroxyl groups is 2. The Hall–Kier alpha value is -1.96. The van der Waals surface area contributed by atoms with Gasteiger partial charge in [-0.2, -0.15) is 0 Å². The van der Waals surface area contributed by atoms with Gasteiger partial charge in [0.25, 0.3) is 0 Å². The van der Waals surface area contributed by atoms with E-state index in [0.29, 0.717) is 19.6 Å². The van der Waals surface area contributed by atoms with Crippen molar-refractivity contribution in [3.05, 3.63) is 35.9 Å². The Balaban J connectivity index is 1.96. The maximum absolute atomic E-state index is 12.3. The molecule has 0 aliphatic carbocycles.